The van der Waals surface area contributed by atoms with Gasteiger partial charge in [0.15, 0.2) is 5.69 Å². The molecule has 0 bridgehead atoms. The van der Waals surface area contributed by atoms with Gasteiger partial charge in [-0.15, -0.1) is 0 Å². The van der Waals surface area contributed by atoms with Crippen LogP contribution in [0.15, 0.2) is 4.79 Å². The number of nitrogens with zero attached hydrogens (tertiary/aromatic N) is 1. The van der Waals surface area contributed by atoms with E-state index in [0.717, 1.165) is 0 Å². The van der Waals surface area contributed by atoms with Crippen LogP contribution in [0, 0.1) is 0 Å². The number of hydrogen-bond acceptors (Lipinski definition) is 6. The van der Waals surface area contributed by atoms with E-state index < -0.39 is 34.7 Å². The van der Waals surface area contributed by atoms with Crippen LogP contribution in [0.3, 0.4) is 0 Å². The first-order valence-corrected chi connectivity index (χ1v) is 4.27. The molecule has 1 aromatic rings. The molecule has 8 heteroatoms. The van der Waals surface area contributed by atoms with E-state index in [0.29, 0.717) is 0 Å². The van der Waals surface area contributed by atoms with E-state index >= 15 is 0 Å². The Labute approximate surface area is 89.1 Å². The van der Waals surface area contributed by atoms with Crippen molar-refractivity contribution in [3.05, 3.63) is 21.7 Å². The number of carbonyl (C=O) groups is 2. The molecule has 1 heterocycles. The molecule has 0 saturated carbocycles. The fourth-order valence-electron chi connectivity index (χ4n) is 0.950. The number of H-pyrrole nitrogens is 1. The highest BCUT2D eigenvalue weighted by molar-refractivity contribution is 5.94. The minimum Gasteiger partial charge on any atom is -0.493 e. The van der Waals surface area contributed by atoms with Crippen molar-refractivity contribution < 1.29 is 19.4 Å². The molecule has 1 aromatic heterocycles. The largest absolute Gasteiger partial charge is 0.493 e. The first kappa shape index (κ1) is 11.7. The molecule has 1 amide bonds. The van der Waals surface area contributed by atoms with Gasteiger partial charge < -0.3 is 15.6 Å². The van der Waals surface area contributed by atoms with Gasteiger partial charge in [-0.2, -0.15) is 0 Å². The second-order valence-corrected chi connectivity index (χ2v) is 2.70. The molecule has 0 aromatic carbocycles. The SMILES string of the molecule is CCOC(=O)c1nc(C(N)=O)c(=O)[nH]c1O. The Morgan fingerprint density at radius 2 is 2.12 bits per heavy atom. The van der Waals surface area contributed by atoms with Crippen molar-refractivity contribution in [2.24, 2.45) is 5.73 Å². The topological polar surface area (TPSA) is 135 Å². The molecule has 0 radical (unpaired) electrons. The average Bonchev–Trinajstić information content (AvgIpc) is 2.17. The lowest BCUT2D eigenvalue weighted by Crippen LogP contribution is -2.27. The molecule has 0 spiro atoms. The van der Waals surface area contributed by atoms with Crippen LogP contribution in [-0.2, 0) is 4.74 Å². The van der Waals surface area contributed by atoms with Gasteiger partial charge in [-0.3, -0.25) is 14.6 Å². The Morgan fingerprint density at radius 3 is 2.62 bits per heavy atom. The zero-order chi connectivity index (χ0) is 12.3. The van der Waals surface area contributed by atoms with Gasteiger partial charge in [-0.05, 0) is 6.92 Å². The first-order valence-electron chi connectivity index (χ1n) is 4.27. The maximum absolute atomic E-state index is 11.2. The van der Waals surface area contributed by atoms with Gasteiger partial charge in [0.25, 0.3) is 11.5 Å². The normalized spacial score (nSPS) is 9.81. The van der Waals surface area contributed by atoms with Gasteiger partial charge in [-0.1, -0.05) is 0 Å². The van der Waals surface area contributed by atoms with Crippen molar-refractivity contribution in [3.8, 4) is 5.88 Å². The number of carbonyl (C=O) groups excluding carboxylic acids is 2. The summed E-state index contributed by atoms with van der Waals surface area (Å²) in [4.78, 5) is 38.3. The number of rotatable bonds is 3. The van der Waals surface area contributed by atoms with Crippen LogP contribution in [0.4, 0.5) is 0 Å². The molecule has 0 fully saturated rings. The van der Waals surface area contributed by atoms with Crippen molar-refractivity contribution in [2.75, 3.05) is 6.61 Å². The smallest absolute Gasteiger partial charge is 0.362 e. The van der Waals surface area contributed by atoms with Gasteiger partial charge >= 0.3 is 5.97 Å². The molecular weight excluding hydrogens is 218 g/mol. The van der Waals surface area contributed by atoms with Crippen molar-refractivity contribution in [3.63, 3.8) is 0 Å². The highest BCUT2D eigenvalue weighted by Gasteiger charge is 2.20. The number of ether oxygens (including phenoxy) is 1. The lowest BCUT2D eigenvalue weighted by Gasteiger charge is -2.03. The molecule has 0 unspecified atom stereocenters. The first-order chi connectivity index (χ1) is 7.47. The summed E-state index contributed by atoms with van der Waals surface area (Å²) in [7, 11) is 0. The molecular formula is C8H9N3O5. The summed E-state index contributed by atoms with van der Waals surface area (Å²) in [5.41, 5.74) is 2.65. The monoisotopic (exact) mass is 227 g/mol. The fourth-order valence-corrected chi connectivity index (χ4v) is 0.950. The number of hydrogen-bond donors (Lipinski definition) is 3. The van der Waals surface area contributed by atoms with Crippen LogP contribution in [0.25, 0.3) is 0 Å². The Hall–Kier alpha value is -2.38. The molecule has 86 valence electrons. The van der Waals surface area contributed by atoms with Crippen molar-refractivity contribution in [1.29, 1.82) is 0 Å². The molecule has 0 saturated heterocycles. The van der Waals surface area contributed by atoms with E-state index in [-0.39, 0.29) is 6.61 Å². The summed E-state index contributed by atoms with van der Waals surface area (Å²) < 4.78 is 4.55. The number of aromatic nitrogens is 2. The predicted molar refractivity (Wildman–Crippen MR) is 51.0 cm³/mol. The van der Waals surface area contributed by atoms with Gasteiger partial charge in [0.1, 0.15) is 0 Å². The van der Waals surface area contributed by atoms with Crippen LogP contribution in [0.5, 0.6) is 5.88 Å². The third-order valence-corrected chi connectivity index (χ3v) is 1.60. The summed E-state index contributed by atoms with van der Waals surface area (Å²) >= 11 is 0. The van der Waals surface area contributed by atoms with Gasteiger partial charge in [-0.25, -0.2) is 9.78 Å². The third kappa shape index (κ3) is 2.16. The molecule has 0 aliphatic rings. The Bertz CT molecular complexity index is 493. The van der Waals surface area contributed by atoms with Gasteiger partial charge in [0.2, 0.25) is 11.6 Å². The lowest BCUT2D eigenvalue weighted by atomic mass is 10.3. The minimum absolute atomic E-state index is 0.0605. The number of esters is 1. The Balaban J connectivity index is 3.30. The molecule has 0 aliphatic carbocycles. The highest BCUT2D eigenvalue weighted by atomic mass is 16.5. The zero-order valence-electron chi connectivity index (χ0n) is 8.31. The molecule has 16 heavy (non-hydrogen) atoms. The maximum Gasteiger partial charge on any atom is 0.362 e. The van der Waals surface area contributed by atoms with Crippen molar-refractivity contribution >= 4 is 11.9 Å². The van der Waals surface area contributed by atoms with E-state index in [9.17, 15) is 19.5 Å². The van der Waals surface area contributed by atoms with Crippen molar-refractivity contribution in [2.45, 2.75) is 6.92 Å². The van der Waals surface area contributed by atoms with Crippen LogP contribution in [-0.4, -0.2) is 33.6 Å². The third-order valence-electron chi connectivity index (χ3n) is 1.60. The highest BCUT2D eigenvalue weighted by Crippen LogP contribution is 2.09. The number of aromatic hydroxyl groups is 1. The summed E-state index contributed by atoms with van der Waals surface area (Å²) in [6.07, 6.45) is 0. The predicted octanol–water partition coefficient (Wildman–Crippen LogP) is -1.25. The van der Waals surface area contributed by atoms with E-state index in [1.165, 1.54) is 0 Å². The Morgan fingerprint density at radius 1 is 1.50 bits per heavy atom. The van der Waals surface area contributed by atoms with Gasteiger partial charge in [0, 0.05) is 0 Å². The van der Waals surface area contributed by atoms with E-state index in [4.69, 9.17) is 5.73 Å². The second-order valence-electron chi connectivity index (χ2n) is 2.70. The maximum atomic E-state index is 11.2. The van der Waals surface area contributed by atoms with Gasteiger partial charge in [0.05, 0.1) is 6.61 Å². The van der Waals surface area contributed by atoms with E-state index in [1.54, 1.807) is 6.92 Å². The molecule has 4 N–H and O–H groups in total. The fraction of sp³-hybridized carbons (Fsp3) is 0.250. The summed E-state index contributed by atoms with van der Waals surface area (Å²) in [5.74, 6) is -2.83. The summed E-state index contributed by atoms with van der Waals surface area (Å²) in [6, 6.07) is 0. The molecule has 0 atom stereocenters. The summed E-state index contributed by atoms with van der Waals surface area (Å²) in [5, 5.41) is 9.22. The van der Waals surface area contributed by atoms with Crippen LogP contribution in [0.2, 0.25) is 0 Å². The zero-order valence-corrected chi connectivity index (χ0v) is 8.31. The average molecular weight is 227 g/mol. The van der Waals surface area contributed by atoms with Crippen LogP contribution < -0.4 is 11.3 Å². The number of nitrogens with one attached hydrogen (secondary N) is 1. The number of aromatic amines is 1. The molecule has 0 aliphatic heterocycles. The van der Waals surface area contributed by atoms with E-state index in [2.05, 4.69) is 9.72 Å². The van der Waals surface area contributed by atoms with Crippen LogP contribution in [0.1, 0.15) is 27.9 Å². The quantitative estimate of drug-likeness (QED) is 0.552. The molecule has 1 rings (SSSR count). The number of primary amides is 1. The standard InChI is InChI=1S/C8H9N3O5/c1-2-16-8(15)4-7(14)11-6(13)3(10-4)5(9)12/h2H2,1H3,(H2,9,12)(H2,11,13,14). The second kappa shape index (κ2) is 4.43. The summed E-state index contributed by atoms with van der Waals surface area (Å²) in [6.45, 7) is 1.61. The number of amides is 1. The van der Waals surface area contributed by atoms with Crippen LogP contribution >= 0.6 is 0 Å². The van der Waals surface area contributed by atoms with Crippen molar-refractivity contribution in [1.82, 2.24) is 9.97 Å². The minimum atomic E-state index is -1.10. The lowest BCUT2D eigenvalue weighted by molar-refractivity contribution is 0.0514. The van der Waals surface area contributed by atoms with E-state index in [1.807, 2.05) is 4.98 Å². The number of nitrogens with two attached hydrogens (primary N) is 1. The molecule has 8 nitrogen and oxygen atoms in total. The Kier molecular flexibility index (Phi) is 3.24.